The topological polar surface area (TPSA) is 32.6 Å². The van der Waals surface area contributed by atoms with Crippen LogP contribution in [0.2, 0.25) is 0 Å². The molecule has 0 saturated carbocycles. The normalized spacial score (nSPS) is 9.66. The maximum Gasteiger partial charge on any atom is 0.138 e. The van der Waals surface area contributed by atoms with Crippen LogP contribution in [0.1, 0.15) is 59.6 Å². The Kier molecular flexibility index (Phi) is 19.9. The number of hydrogen-bond donors (Lipinski definition) is 1. The largest absolute Gasteiger partial charge is 0.400 e. The van der Waals surface area contributed by atoms with Crippen molar-refractivity contribution in [1.29, 1.82) is 0 Å². The number of hydrogen-bond acceptors (Lipinski definition) is 3. The second-order valence-corrected chi connectivity index (χ2v) is 8.63. The Hall–Kier alpha value is -2.26. The van der Waals surface area contributed by atoms with Crippen molar-refractivity contribution < 1.29 is 9.50 Å². The quantitative estimate of drug-likeness (QED) is 0.163. The SMILES string of the molecule is C=C(C)c1cc(F)c(SC(C)=NC)c(P)c1.C=C(C)c1cccc2ccccc12.CC.CC.CO. The lowest BCUT2D eigenvalue weighted by molar-refractivity contribution is 0.399. The van der Waals surface area contributed by atoms with Gasteiger partial charge in [0.2, 0.25) is 0 Å². The lowest BCUT2D eigenvalue weighted by Gasteiger charge is -2.09. The third kappa shape index (κ3) is 11.8. The van der Waals surface area contributed by atoms with E-state index >= 15 is 0 Å². The number of thioether (sulfide) groups is 1. The predicted octanol–water partition coefficient (Wildman–Crippen LogP) is 9.03. The van der Waals surface area contributed by atoms with Crippen molar-refractivity contribution in [2.45, 2.75) is 53.4 Å². The number of aliphatic imine (C=N–C) groups is 1. The zero-order valence-electron chi connectivity index (χ0n) is 22.9. The molecule has 1 atom stereocenters. The minimum atomic E-state index is -0.224. The van der Waals surface area contributed by atoms with Crippen LogP contribution in [-0.4, -0.2) is 24.3 Å². The molecule has 1 N–H and O–H groups in total. The molecule has 0 saturated heterocycles. The van der Waals surface area contributed by atoms with Crippen molar-refractivity contribution in [1.82, 2.24) is 0 Å². The van der Waals surface area contributed by atoms with Gasteiger partial charge in [-0.2, -0.15) is 0 Å². The molecule has 0 spiro atoms. The molecule has 5 heteroatoms. The number of aliphatic hydroxyl groups excluding tert-OH is 1. The van der Waals surface area contributed by atoms with Gasteiger partial charge in [-0.25, -0.2) is 4.39 Å². The van der Waals surface area contributed by atoms with Crippen molar-refractivity contribution >= 4 is 53.3 Å². The number of nitrogens with zero attached hydrogens (tertiary/aromatic N) is 1. The first kappa shape index (κ1) is 34.9. The summed E-state index contributed by atoms with van der Waals surface area (Å²) < 4.78 is 13.8. The van der Waals surface area contributed by atoms with E-state index in [4.69, 9.17) is 5.11 Å². The van der Waals surface area contributed by atoms with Gasteiger partial charge in [-0.15, -0.1) is 9.24 Å². The van der Waals surface area contributed by atoms with Crippen LogP contribution in [0.25, 0.3) is 21.9 Å². The van der Waals surface area contributed by atoms with Crippen LogP contribution < -0.4 is 5.30 Å². The van der Waals surface area contributed by atoms with Crippen LogP contribution in [0.4, 0.5) is 4.39 Å². The lowest BCUT2D eigenvalue weighted by Crippen LogP contribution is -2.03. The van der Waals surface area contributed by atoms with Crippen molar-refractivity contribution in [3.8, 4) is 0 Å². The van der Waals surface area contributed by atoms with E-state index in [1.54, 1.807) is 7.05 Å². The molecular weight excluding hydrogens is 472 g/mol. The number of rotatable bonds is 3. The summed E-state index contributed by atoms with van der Waals surface area (Å²) in [7, 11) is 5.25. The summed E-state index contributed by atoms with van der Waals surface area (Å²) in [6, 6.07) is 18.1. The number of benzene rings is 3. The van der Waals surface area contributed by atoms with Gasteiger partial charge < -0.3 is 5.11 Å². The number of aliphatic hydroxyl groups is 1. The summed E-state index contributed by atoms with van der Waals surface area (Å²) in [5.74, 6) is -0.224. The van der Waals surface area contributed by atoms with E-state index in [0.717, 1.165) is 34.2 Å². The van der Waals surface area contributed by atoms with Crippen LogP contribution in [0.5, 0.6) is 0 Å². The van der Waals surface area contributed by atoms with Crippen LogP contribution >= 0.6 is 21.0 Å². The average Bonchev–Trinajstić information content (AvgIpc) is 2.89. The molecule has 0 aliphatic carbocycles. The maximum absolute atomic E-state index is 13.8. The highest BCUT2D eigenvalue weighted by Crippen LogP contribution is 2.26. The molecule has 192 valence electrons. The molecule has 3 aromatic carbocycles. The third-order valence-electron chi connectivity index (χ3n) is 4.38. The van der Waals surface area contributed by atoms with E-state index in [0.29, 0.717) is 4.90 Å². The van der Waals surface area contributed by atoms with Gasteiger partial charge in [0.25, 0.3) is 0 Å². The van der Waals surface area contributed by atoms with E-state index < -0.39 is 0 Å². The van der Waals surface area contributed by atoms with Gasteiger partial charge in [-0.3, -0.25) is 4.99 Å². The van der Waals surface area contributed by atoms with Crippen LogP contribution in [0.3, 0.4) is 0 Å². The molecule has 0 aliphatic heterocycles. The number of fused-ring (bicyclic) bond motifs is 1. The fourth-order valence-corrected chi connectivity index (χ4v) is 3.97. The smallest absolute Gasteiger partial charge is 0.138 e. The van der Waals surface area contributed by atoms with Crippen LogP contribution in [0, 0.1) is 5.82 Å². The Morgan fingerprint density at radius 1 is 0.886 bits per heavy atom. The van der Waals surface area contributed by atoms with Gasteiger partial charge in [0.05, 0.1) is 9.94 Å². The van der Waals surface area contributed by atoms with Gasteiger partial charge in [0.15, 0.2) is 0 Å². The highest BCUT2D eigenvalue weighted by molar-refractivity contribution is 8.14. The molecule has 0 fully saturated rings. The highest BCUT2D eigenvalue weighted by Gasteiger charge is 2.10. The minimum absolute atomic E-state index is 0.224. The molecule has 3 rings (SSSR count). The first-order valence-electron chi connectivity index (χ1n) is 11.7. The Balaban J connectivity index is 0. The summed E-state index contributed by atoms with van der Waals surface area (Å²) in [5.41, 5.74) is 4.06. The summed E-state index contributed by atoms with van der Waals surface area (Å²) in [5, 5.41) is 11.2. The lowest BCUT2D eigenvalue weighted by atomic mass is 10.0. The van der Waals surface area contributed by atoms with E-state index in [1.165, 1.54) is 34.2 Å². The zero-order chi connectivity index (χ0) is 27.6. The number of halogens is 1. The van der Waals surface area contributed by atoms with Crippen molar-refractivity contribution in [3.05, 3.63) is 84.7 Å². The molecule has 0 radical (unpaired) electrons. The first-order chi connectivity index (χ1) is 16.7. The van der Waals surface area contributed by atoms with Gasteiger partial charge in [-0.1, -0.05) is 106 Å². The molecule has 3 aromatic rings. The molecule has 35 heavy (non-hydrogen) atoms. The molecular formula is C30H43FNOPS. The third-order valence-corrected chi connectivity index (χ3v) is 6.16. The Labute approximate surface area is 219 Å². The zero-order valence-corrected chi connectivity index (χ0v) is 24.8. The van der Waals surface area contributed by atoms with Crippen LogP contribution in [-0.2, 0) is 0 Å². The molecule has 0 heterocycles. The predicted molar refractivity (Wildman–Crippen MR) is 165 cm³/mol. The van der Waals surface area contributed by atoms with E-state index in [-0.39, 0.29) is 5.82 Å². The van der Waals surface area contributed by atoms with Crippen molar-refractivity contribution in [2.75, 3.05) is 14.2 Å². The molecule has 0 aliphatic rings. The molecule has 0 bridgehead atoms. The van der Waals surface area contributed by atoms with Crippen LogP contribution in [0.15, 0.2) is 77.6 Å². The fraction of sp³-hybridized carbons (Fsp3) is 0.300. The standard InChI is InChI=1S/C13H12.C12H15FNPS.2C2H6.CH4O/c1-10(2)12-9-5-7-11-6-3-4-8-13(11)12;1-7(2)9-5-10(13)12(11(15)6-9)16-8(3)14-4;3*1-2/h3-9H,1H2,2H3;5-6H,1,15H2,2-4H3;2*1-2H3;2H,1H3. The van der Waals surface area contributed by atoms with Gasteiger partial charge >= 0.3 is 0 Å². The second-order valence-electron chi connectivity index (χ2n) is 6.81. The fourth-order valence-electron chi connectivity index (χ4n) is 2.76. The van der Waals surface area contributed by atoms with Crippen molar-refractivity contribution in [3.63, 3.8) is 0 Å². The molecule has 0 amide bonds. The van der Waals surface area contributed by atoms with Gasteiger partial charge in [0, 0.05) is 14.2 Å². The molecule has 2 nitrogen and oxygen atoms in total. The molecule has 1 unspecified atom stereocenters. The molecule has 0 aromatic heterocycles. The summed E-state index contributed by atoms with van der Waals surface area (Å²) in [4.78, 5) is 4.62. The monoisotopic (exact) mass is 515 g/mol. The summed E-state index contributed by atoms with van der Waals surface area (Å²) in [6.07, 6.45) is 0. The summed E-state index contributed by atoms with van der Waals surface area (Å²) >= 11 is 1.34. The summed E-state index contributed by atoms with van der Waals surface area (Å²) in [6.45, 7) is 21.6. The second kappa shape index (κ2) is 20.0. The average molecular weight is 516 g/mol. The Morgan fingerprint density at radius 3 is 1.91 bits per heavy atom. The van der Waals surface area contributed by atoms with Gasteiger partial charge in [-0.05, 0) is 60.1 Å². The van der Waals surface area contributed by atoms with E-state index in [2.05, 4.69) is 69.9 Å². The van der Waals surface area contributed by atoms with Crippen molar-refractivity contribution in [2.24, 2.45) is 4.99 Å². The number of allylic oxidation sites excluding steroid dienone is 2. The highest BCUT2D eigenvalue weighted by atomic mass is 32.2. The van der Waals surface area contributed by atoms with E-state index in [1.807, 2.05) is 54.5 Å². The maximum atomic E-state index is 13.8. The first-order valence-corrected chi connectivity index (χ1v) is 13.1. The Morgan fingerprint density at radius 2 is 1.43 bits per heavy atom. The van der Waals surface area contributed by atoms with E-state index in [9.17, 15) is 4.39 Å². The Bertz CT molecular complexity index is 1060. The van der Waals surface area contributed by atoms with Gasteiger partial charge in [0.1, 0.15) is 5.82 Å². The minimum Gasteiger partial charge on any atom is -0.400 e.